The Kier molecular flexibility index (Phi) is 3.95. The van der Waals surface area contributed by atoms with E-state index in [1.807, 2.05) is 31.2 Å². The van der Waals surface area contributed by atoms with Gasteiger partial charge in [-0.3, -0.25) is 14.4 Å². The topological polar surface area (TPSA) is 75.7 Å². The first-order valence-corrected chi connectivity index (χ1v) is 11.4. The Morgan fingerprint density at radius 1 is 1.07 bits per heavy atom. The molecule has 1 N–H and O–H groups in total. The van der Waals surface area contributed by atoms with Crippen molar-refractivity contribution >= 4 is 39.7 Å². The van der Waals surface area contributed by atoms with Crippen molar-refractivity contribution in [2.45, 2.75) is 51.2 Å². The second-order valence-corrected chi connectivity index (χ2v) is 9.80. The summed E-state index contributed by atoms with van der Waals surface area (Å²) in [6.07, 6.45) is 4.05. The lowest BCUT2D eigenvalue weighted by molar-refractivity contribution is -0.124. The Morgan fingerprint density at radius 2 is 1.73 bits per heavy atom. The molecule has 3 amide bonds. The molecule has 6 nitrogen and oxygen atoms in total. The number of hydrogen-bond acceptors (Lipinski definition) is 5. The van der Waals surface area contributed by atoms with Gasteiger partial charge in [0.2, 0.25) is 11.8 Å². The maximum Gasteiger partial charge on any atom is 0.258 e. The highest BCUT2D eigenvalue weighted by Gasteiger charge is 2.63. The van der Waals surface area contributed by atoms with Gasteiger partial charge in [0.05, 0.1) is 29.6 Å². The van der Waals surface area contributed by atoms with E-state index in [9.17, 15) is 14.4 Å². The molecule has 1 aromatic carbocycles. The van der Waals surface area contributed by atoms with Crippen LogP contribution in [0, 0.1) is 18.8 Å². The van der Waals surface area contributed by atoms with Crippen LogP contribution in [0.3, 0.4) is 0 Å². The standard InChI is InChI=1S/C23H22N2O4S/c1-11-5-7-12(8-6-11)24-20(26)17-13-3-2-4-16(13)30-23(17)25-21(27)18-14-9-10-15(29-14)19(18)22(25)28/h5-8,14-15,18-19H,2-4,9-10H2,1H3,(H,24,26)/t14-,15+,18-,19-/m0/s1. The molecule has 154 valence electrons. The van der Waals surface area contributed by atoms with Crippen LogP contribution < -0.4 is 10.2 Å². The fourth-order valence-electron chi connectivity index (χ4n) is 5.52. The fourth-order valence-corrected chi connectivity index (χ4v) is 6.92. The molecule has 4 heterocycles. The van der Waals surface area contributed by atoms with E-state index in [1.165, 1.54) is 16.2 Å². The van der Waals surface area contributed by atoms with E-state index >= 15 is 0 Å². The first-order chi connectivity index (χ1) is 14.5. The summed E-state index contributed by atoms with van der Waals surface area (Å²) in [4.78, 5) is 42.3. The molecule has 1 aliphatic carbocycles. The van der Waals surface area contributed by atoms with Crippen molar-refractivity contribution in [2.24, 2.45) is 11.8 Å². The van der Waals surface area contributed by atoms with Gasteiger partial charge in [-0.25, -0.2) is 4.90 Å². The lowest BCUT2D eigenvalue weighted by Gasteiger charge is -2.18. The molecule has 0 unspecified atom stereocenters. The van der Waals surface area contributed by atoms with Crippen molar-refractivity contribution in [3.63, 3.8) is 0 Å². The minimum absolute atomic E-state index is 0.155. The number of hydrogen-bond donors (Lipinski definition) is 1. The van der Waals surface area contributed by atoms with Gasteiger partial charge in [0.25, 0.3) is 5.91 Å². The van der Waals surface area contributed by atoms with E-state index in [0.717, 1.165) is 48.1 Å². The van der Waals surface area contributed by atoms with Crippen LogP contribution in [0.15, 0.2) is 24.3 Å². The molecule has 6 rings (SSSR count). The second kappa shape index (κ2) is 6.49. The third-order valence-electron chi connectivity index (χ3n) is 6.93. The number of nitrogens with one attached hydrogen (secondary N) is 1. The minimum atomic E-state index is -0.388. The summed E-state index contributed by atoms with van der Waals surface area (Å²) < 4.78 is 5.85. The van der Waals surface area contributed by atoms with E-state index in [0.29, 0.717) is 16.3 Å². The van der Waals surface area contributed by atoms with Crippen molar-refractivity contribution in [2.75, 3.05) is 10.2 Å². The predicted octanol–water partition coefficient (Wildman–Crippen LogP) is 3.46. The molecule has 0 saturated carbocycles. The van der Waals surface area contributed by atoms with Crippen LogP contribution in [0.25, 0.3) is 0 Å². The van der Waals surface area contributed by atoms with Gasteiger partial charge in [-0.1, -0.05) is 17.7 Å². The van der Waals surface area contributed by atoms with Crippen LogP contribution in [0.2, 0.25) is 0 Å². The summed E-state index contributed by atoms with van der Waals surface area (Å²) in [6.45, 7) is 1.99. The van der Waals surface area contributed by atoms with E-state index in [2.05, 4.69) is 5.32 Å². The highest BCUT2D eigenvalue weighted by molar-refractivity contribution is 7.17. The third-order valence-corrected chi connectivity index (χ3v) is 8.20. The van der Waals surface area contributed by atoms with E-state index in [4.69, 9.17) is 4.74 Å². The van der Waals surface area contributed by atoms with Crippen molar-refractivity contribution in [1.29, 1.82) is 0 Å². The van der Waals surface area contributed by atoms with E-state index in [1.54, 1.807) is 0 Å². The Morgan fingerprint density at radius 3 is 2.40 bits per heavy atom. The number of carbonyl (C=O) groups is 3. The number of aryl methyl sites for hydroxylation is 2. The number of thiophene rings is 1. The summed E-state index contributed by atoms with van der Waals surface area (Å²) in [5, 5.41) is 3.48. The first kappa shape index (κ1) is 18.3. The van der Waals surface area contributed by atoms with Gasteiger partial charge in [0.15, 0.2) is 0 Å². The SMILES string of the molecule is Cc1ccc(NC(=O)c2c(N3C(=O)[C@@H]4[C@@H](C3=O)[C@H]3CC[C@@H]4O3)sc3c2CCC3)cc1. The van der Waals surface area contributed by atoms with E-state index < -0.39 is 0 Å². The maximum atomic E-state index is 13.3. The number of carbonyl (C=O) groups excluding carboxylic acids is 3. The van der Waals surface area contributed by atoms with Gasteiger partial charge >= 0.3 is 0 Å². The molecule has 4 aliphatic rings. The normalized spacial score (nSPS) is 28.9. The van der Waals surface area contributed by atoms with Gasteiger partial charge < -0.3 is 10.1 Å². The molecule has 1 aromatic heterocycles. The second-order valence-electron chi connectivity index (χ2n) is 8.71. The van der Waals surface area contributed by atoms with Crippen LogP contribution in [-0.2, 0) is 27.2 Å². The van der Waals surface area contributed by atoms with E-state index in [-0.39, 0.29) is 41.8 Å². The number of nitrogens with zero attached hydrogens (tertiary/aromatic N) is 1. The number of imide groups is 1. The molecule has 0 radical (unpaired) electrons. The third kappa shape index (κ3) is 2.48. The molecular formula is C23H22N2O4S. The largest absolute Gasteiger partial charge is 0.373 e. The summed E-state index contributed by atoms with van der Waals surface area (Å²) >= 11 is 1.44. The Labute approximate surface area is 178 Å². The van der Waals surface area contributed by atoms with Gasteiger partial charge in [-0.15, -0.1) is 11.3 Å². The molecule has 30 heavy (non-hydrogen) atoms. The molecule has 4 atom stereocenters. The molecule has 3 fully saturated rings. The number of rotatable bonds is 3. The summed E-state index contributed by atoms with van der Waals surface area (Å²) in [6, 6.07) is 7.62. The molecule has 2 bridgehead atoms. The molecule has 3 saturated heterocycles. The van der Waals surface area contributed by atoms with Crippen LogP contribution >= 0.6 is 11.3 Å². The number of fused-ring (bicyclic) bond motifs is 6. The van der Waals surface area contributed by atoms with Gasteiger partial charge in [-0.05, 0) is 56.7 Å². The van der Waals surface area contributed by atoms with Gasteiger partial charge in [0, 0.05) is 10.6 Å². The Balaban J connectivity index is 1.39. The average molecular weight is 423 g/mol. The van der Waals surface area contributed by atoms with Crippen LogP contribution in [0.4, 0.5) is 10.7 Å². The van der Waals surface area contributed by atoms with Crippen molar-refractivity contribution in [3.8, 4) is 0 Å². The zero-order valence-electron chi connectivity index (χ0n) is 16.6. The summed E-state index contributed by atoms with van der Waals surface area (Å²) in [5.41, 5.74) is 3.32. The fraction of sp³-hybridized carbons (Fsp3) is 0.435. The van der Waals surface area contributed by atoms with Crippen LogP contribution in [0.1, 0.15) is 45.6 Å². The van der Waals surface area contributed by atoms with Crippen LogP contribution in [-0.4, -0.2) is 29.9 Å². The van der Waals surface area contributed by atoms with Crippen molar-refractivity contribution in [1.82, 2.24) is 0 Å². The van der Waals surface area contributed by atoms with Gasteiger partial charge in [-0.2, -0.15) is 0 Å². The van der Waals surface area contributed by atoms with Crippen molar-refractivity contribution in [3.05, 3.63) is 45.8 Å². The molecule has 3 aliphatic heterocycles. The lowest BCUT2D eigenvalue weighted by Crippen LogP contribution is -2.35. The highest BCUT2D eigenvalue weighted by atomic mass is 32.1. The Bertz CT molecular complexity index is 1060. The van der Waals surface area contributed by atoms with Gasteiger partial charge in [0.1, 0.15) is 5.00 Å². The smallest absolute Gasteiger partial charge is 0.258 e. The van der Waals surface area contributed by atoms with Crippen LogP contribution in [0.5, 0.6) is 0 Å². The predicted molar refractivity (Wildman–Crippen MR) is 113 cm³/mol. The average Bonchev–Trinajstić information content (AvgIpc) is 3.50. The number of amides is 3. The Hall–Kier alpha value is -2.51. The monoisotopic (exact) mass is 422 g/mol. The molecule has 0 spiro atoms. The highest BCUT2D eigenvalue weighted by Crippen LogP contribution is 2.52. The number of anilines is 2. The quantitative estimate of drug-likeness (QED) is 0.769. The molecule has 7 heteroatoms. The summed E-state index contributed by atoms with van der Waals surface area (Å²) in [7, 11) is 0. The zero-order chi connectivity index (χ0) is 20.6. The number of benzene rings is 1. The molecule has 2 aromatic rings. The zero-order valence-corrected chi connectivity index (χ0v) is 17.5. The summed E-state index contributed by atoms with van der Waals surface area (Å²) in [5.74, 6) is -1.41. The lowest BCUT2D eigenvalue weighted by atomic mass is 9.81. The number of ether oxygens (including phenoxy) is 1. The van der Waals surface area contributed by atoms with Crippen molar-refractivity contribution < 1.29 is 19.1 Å². The first-order valence-electron chi connectivity index (χ1n) is 10.6. The molecular weight excluding hydrogens is 400 g/mol. The minimum Gasteiger partial charge on any atom is -0.373 e. The maximum absolute atomic E-state index is 13.3.